The largest absolute Gasteiger partial charge is 0.497 e. The van der Waals surface area contributed by atoms with Gasteiger partial charge in [-0.2, -0.15) is 0 Å². The van der Waals surface area contributed by atoms with Crippen molar-refractivity contribution in [3.8, 4) is 17.0 Å². The number of likely N-dealkylation sites (tertiary alicyclic amines) is 1. The van der Waals surface area contributed by atoms with Gasteiger partial charge in [-0.25, -0.2) is 9.78 Å². The van der Waals surface area contributed by atoms with E-state index >= 15 is 0 Å². The Balaban J connectivity index is 1.64. The van der Waals surface area contributed by atoms with Crippen LogP contribution in [0.1, 0.15) is 12.8 Å². The van der Waals surface area contributed by atoms with Crippen molar-refractivity contribution < 1.29 is 14.6 Å². The fourth-order valence-corrected chi connectivity index (χ4v) is 3.35. The van der Waals surface area contributed by atoms with Gasteiger partial charge in [-0.15, -0.1) is 0 Å². The third-order valence-electron chi connectivity index (χ3n) is 5.01. The second-order valence-corrected chi connectivity index (χ2v) is 6.58. The quantitative estimate of drug-likeness (QED) is 0.884. The Bertz CT molecular complexity index is 721. The van der Waals surface area contributed by atoms with Crippen LogP contribution in [0.4, 0.5) is 4.79 Å². The molecule has 1 aromatic carbocycles. The molecule has 1 aromatic heterocycles. The van der Waals surface area contributed by atoms with Crippen LogP contribution in [0.25, 0.3) is 11.3 Å². The maximum Gasteiger partial charge on any atom is 0.329 e. The topological polar surface area (TPSA) is 70.8 Å². The second-order valence-electron chi connectivity index (χ2n) is 6.58. The predicted octanol–water partition coefficient (Wildman–Crippen LogP) is 1.92. The lowest BCUT2D eigenvalue weighted by Gasteiger charge is -2.36. The zero-order valence-corrected chi connectivity index (χ0v) is 15.3. The summed E-state index contributed by atoms with van der Waals surface area (Å²) in [6, 6.07) is 7.75. The number of methoxy groups -OCH3 is 1. The van der Waals surface area contributed by atoms with Crippen LogP contribution >= 0.6 is 0 Å². The summed E-state index contributed by atoms with van der Waals surface area (Å²) < 4.78 is 6.71. The van der Waals surface area contributed by atoms with Gasteiger partial charge in [0.1, 0.15) is 12.1 Å². The van der Waals surface area contributed by atoms with E-state index in [1.807, 2.05) is 31.3 Å². The minimum absolute atomic E-state index is 0.0714. The predicted molar refractivity (Wildman–Crippen MR) is 99.3 cm³/mol. The van der Waals surface area contributed by atoms with Gasteiger partial charge in [0.25, 0.3) is 0 Å². The maximum atomic E-state index is 12.8. The molecule has 0 spiro atoms. The number of β-amino-alcohol motifs (C(OH)–C–C–N with tert-alkyl or cyclic N) is 1. The molecule has 0 atom stereocenters. The lowest BCUT2D eigenvalue weighted by atomic mass is 10.0. The van der Waals surface area contributed by atoms with Gasteiger partial charge < -0.3 is 19.6 Å². The first-order valence-electron chi connectivity index (χ1n) is 8.91. The van der Waals surface area contributed by atoms with E-state index in [9.17, 15) is 4.79 Å². The van der Waals surface area contributed by atoms with Crippen LogP contribution in [-0.4, -0.2) is 76.9 Å². The molecule has 1 amide bonds. The molecule has 1 aliphatic heterocycles. The molecule has 2 heterocycles. The van der Waals surface area contributed by atoms with Crippen molar-refractivity contribution in [3.05, 3.63) is 36.8 Å². The Labute approximate surface area is 153 Å². The summed E-state index contributed by atoms with van der Waals surface area (Å²) in [5.74, 6) is 0.788. The molecule has 1 fully saturated rings. The lowest BCUT2D eigenvalue weighted by Crippen LogP contribution is -2.47. The van der Waals surface area contributed by atoms with E-state index in [4.69, 9.17) is 9.84 Å². The monoisotopic (exact) mass is 358 g/mol. The highest BCUT2D eigenvalue weighted by molar-refractivity contribution is 5.78. The molecular formula is C19H26N4O3. The minimum atomic E-state index is -0.0714. The first kappa shape index (κ1) is 18.4. The molecule has 1 N–H and O–H groups in total. The summed E-state index contributed by atoms with van der Waals surface area (Å²) in [5.41, 5.74) is 1.70. The number of nitrogens with zero attached hydrogens (tertiary/aromatic N) is 4. The number of aliphatic hydroxyl groups is 1. The first-order valence-corrected chi connectivity index (χ1v) is 8.91. The van der Waals surface area contributed by atoms with Crippen molar-refractivity contribution in [1.29, 1.82) is 0 Å². The van der Waals surface area contributed by atoms with Crippen molar-refractivity contribution in [2.75, 3.05) is 40.4 Å². The van der Waals surface area contributed by atoms with Crippen LogP contribution in [0.2, 0.25) is 0 Å². The lowest BCUT2D eigenvalue weighted by molar-refractivity contribution is 0.120. The van der Waals surface area contributed by atoms with Crippen molar-refractivity contribution in [1.82, 2.24) is 19.4 Å². The Kier molecular flexibility index (Phi) is 5.90. The molecule has 7 heteroatoms. The summed E-state index contributed by atoms with van der Waals surface area (Å²) in [7, 11) is 3.48. The average Bonchev–Trinajstić information content (AvgIpc) is 3.18. The molecule has 1 saturated heterocycles. The zero-order chi connectivity index (χ0) is 18.5. The summed E-state index contributed by atoms with van der Waals surface area (Å²) >= 11 is 0. The van der Waals surface area contributed by atoms with Crippen molar-refractivity contribution >= 4 is 6.03 Å². The van der Waals surface area contributed by atoms with Gasteiger partial charge in [-0.3, -0.25) is 4.57 Å². The van der Waals surface area contributed by atoms with E-state index < -0.39 is 0 Å². The van der Waals surface area contributed by atoms with Crippen molar-refractivity contribution in [2.45, 2.75) is 18.9 Å². The van der Waals surface area contributed by atoms with Crippen molar-refractivity contribution in [2.24, 2.45) is 0 Å². The number of ether oxygens (including phenoxy) is 1. The van der Waals surface area contributed by atoms with E-state index in [0.29, 0.717) is 6.54 Å². The van der Waals surface area contributed by atoms with Gasteiger partial charge in [0, 0.05) is 44.5 Å². The number of carbonyl (C=O) groups is 1. The minimum Gasteiger partial charge on any atom is -0.497 e. The highest BCUT2D eigenvalue weighted by Gasteiger charge is 2.26. The number of aromatic nitrogens is 2. The third kappa shape index (κ3) is 4.05. The molecule has 1 aliphatic rings. The fraction of sp³-hybridized carbons (Fsp3) is 0.474. The van der Waals surface area contributed by atoms with Gasteiger partial charge in [0.05, 0.1) is 19.4 Å². The van der Waals surface area contributed by atoms with Gasteiger partial charge >= 0.3 is 6.03 Å². The molecule has 0 unspecified atom stereocenters. The van der Waals surface area contributed by atoms with E-state index in [-0.39, 0.29) is 18.7 Å². The maximum absolute atomic E-state index is 12.8. The second kappa shape index (κ2) is 8.33. The van der Waals surface area contributed by atoms with Crippen molar-refractivity contribution in [3.63, 3.8) is 0 Å². The van der Waals surface area contributed by atoms with E-state index in [2.05, 4.69) is 9.88 Å². The number of hydrogen-bond acceptors (Lipinski definition) is 5. The van der Waals surface area contributed by atoms with E-state index in [1.165, 1.54) is 0 Å². The molecule has 140 valence electrons. The van der Waals surface area contributed by atoms with Crippen LogP contribution < -0.4 is 4.74 Å². The normalized spacial score (nSPS) is 15.8. The molecule has 0 radical (unpaired) electrons. The number of amides is 1. The molecule has 26 heavy (non-hydrogen) atoms. The molecule has 0 saturated carbocycles. The van der Waals surface area contributed by atoms with Crippen LogP contribution in [0.3, 0.4) is 0 Å². The van der Waals surface area contributed by atoms with Gasteiger partial charge in [-0.1, -0.05) is 0 Å². The smallest absolute Gasteiger partial charge is 0.329 e. The molecular weight excluding hydrogens is 332 g/mol. The molecule has 0 bridgehead atoms. The molecule has 0 aliphatic carbocycles. The first-order chi connectivity index (χ1) is 12.6. The Morgan fingerprint density at radius 1 is 1.31 bits per heavy atom. The molecule has 3 rings (SSSR count). The molecule has 2 aromatic rings. The van der Waals surface area contributed by atoms with Crippen LogP contribution in [0.5, 0.6) is 5.75 Å². The number of carbonyl (C=O) groups excluding carboxylic acids is 1. The highest BCUT2D eigenvalue weighted by atomic mass is 16.5. The van der Waals surface area contributed by atoms with E-state index in [0.717, 1.165) is 42.9 Å². The number of benzene rings is 1. The number of aliphatic hydroxyl groups excluding tert-OH is 1. The van der Waals surface area contributed by atoms with Crippen LogP contribution in [0.15, 0.2) is 36.8 Å². The SMILES string of the molecule is COc1ccc(-c2cn(C(=O)N(C)C3CCN(CCO)CC3)cn2)cc1. The van der Waals surface area contributed by atoms with Gasteiger partial charge in [0.2, 0.25) is 0 Å². The number of rotatable bonds is 5. The summed E-state index contributed by atoms with van der Waals surface area (Å²) in [6.07, 6.45) is 5.17. The van der Waals surface area contributed by atoms with Crippen LogP contribution in [-0.2, 0) is 0 Å². The summed E-state index contributed by atoms with van der Waals surface area (Å²) in [5, 5.41) is 9.03. The van der Waals surface area contributed by atoms with Gasteiger partial charge in [-0.05, 0) is 37.1 Å². The summed E-state index contributed by atoms with van der Waals surface area (Å²) in [6.45, 7) is 2.70. The van der Waals surface area contributed by atoms with Gasteiger partial charge in [0.15, 0.2) is 0 Å². The zero-order valence-electron chi connectivity index (χ0n) is 15.3. The number of piperidine rings is 1. The Hall–Kier alpha value is -2.38. The number of hydrogen-bond donors (Lipinski definition) is 1. The molecule has 7 nitrogen and oxygen atoms in total. The van der Waals surface area contributed by atoms with E-state index in [1.54, 1.807) is 29.1 Å². The Morgan fingerprint density at radius 3 is 2.62 bits per heavy atom. The third-order valence-corrected chi connectivity index (χ3v) is 5.01. The number of imidazole rings is 1. The van der Waals surface area contributed by atoms with Crippen LogP contribution in [0, 0.1) is 0 Å². The highest BCUT2D eigenvalue weighted by Crippen LogP contribution is 2.21. The Morgan fingerprint density at radius 2 is 2.00 bits per heavy atom. The summed E-state index contributed by atoms with van der Waals surface area (Å²) in [4.78, 5) is 21.2. The fourth-order valence-electron chi connectivity index (χ4n) is 3.35. The standard InChI is InChI=1S/C19H26N4O3/c1-21(16-7-9-22(10-8-16)11-12-24)19(25)23-13-18(20-14-23)15-3-5-17(26-2)6-4-15/h3-6,13-14,16,24H,7-12H2,1-2H3. The average molecular weight is 358 g/mol.